The number of aliphatic hydroxyl groups is 1. The summed E-state index contributed by atoms with van der Waals surface area (Å²) in [6, 6.07) is 0. The van der Waals surface area contributed by atoms with E-state index in [2.05, 4.69) is 13.8 Å². The highest BCUT2D eigenvalue weighted by molar-refractivity contribution is 7.80. The van der Waals surface area contributed by atoms with E-state index in [0.29, 0.717) is 31.0 Å². The first-order valence-electron chi connectivity index (χ1n) is 9.63. The van der Waals surface area contributed by atoms with E-state index in [1.807, 2.05) is 6.08 Å². The van der Waals surface area contributed by atoms with Crippen molar-refractivity contribution in [2.75, 3.05) is 0 Å². The first kappa shape index (κ1) is 18.6. The third-order valence-corrected chi connectivity index (χ3v) is 8.57. The van der Waals surface area contributed by atoms with Gasteiger partial charge in [-0.3, -0.25) is 9.35 Å². The normalized spacial score (nSPS) is 48.4. The van der Waals surface area contributed by atoms with Gasteiger partial charge in [-0.25, -0.2) is 4.18 Å². The quantitative estimate of drug-likeness (QED) is 0.561. The van der Waals surface area contributed by atoms with Crippen molar-refractivity contribution in [1.82, 2.24) is 0 Å². The van der Waals surface area contributed by atoms with Crippen molar-refractivity contribution in [3.8, 4) is 0 Å². The molecule has 0 aromatic carbocycles. The molecule has 7 atom stereocenters. The van der Waals surface area contributed by atoms with E-state index in [0.717, 1.165) is 31.3 Å². The molecule has 2 N–H and O–H groups in total. The highest BCUT2D eigenvalue weighted by Crippen LogP contribution is 2.64. The summed E-state index contributed by atoms with van der Waals surface area (Å²) in [5.74, 6) is 0.963. The maximum Gasteiger partial charge on any atom is 0.397 e. The van der Waals surface area contributed by atoms with E-state index in [9.17, 15) is 18.3 Å². The van der Waals surface area contributed by atoms with Crippen LogP contribution in [0.4, 0.5) is 0 Å². The topological polar surface area (TPSA) is 101 Å². The summed E-state index contributed by atoms with van der Waals surface area (Å²) in [6.45, 7) is 4.29. The molecule has 0 aromatic rings. The molecule has 7 heteroatoms. The third-order valence-electron chi connectivity index (χ3n) is 8.05. The van der Waals surface area contributed by atoms with Gasteiger partial charge in [0.15, 0.2) is 0 Å². The number of rotatable bonds is 2. The molecule has 0 radical (unpaired) electrons. The second-order valence-corrected chi connectivity index (χ2v) is 10.2. The number of carbonyl (C=O) groups is 1. The van der Waals surface area contributed by atoms with Crippen LogP contribution in [0, 0.1) is 28.6 Å². The first-order chi connectivity index (χ1) is 12.0. The fraction of sp³-hybridized carbons (Fsp3) is 0.842. The molecule has 4 aliphatic rings. The molecule has 3 saturated carbocycles. The molecule has 0 bridgehead atoms. The van der Waals surface area contributed by atoms with Crippen molar-refractivity contribution in [2.24, 2.45) is 28.6 Å². The summed E-state index contributed by atoms with van der Waals surface area (Å²) in [6.07, 6.45) is 5.72. The van der Waals surface area contributed by atoms with Gasteiger partial charge in [0.25, 0.3) is 0 Å². The Morgan fingerprint density at radius 2 is 1.77 bits per heavy atom. The monoisotopic (exact) mass is 384 g/mol. The van der Waals surface area contributed by atoms with Gasteiger partial charge in [0.05, 0.1) is 12.2 Å². The van der Waals surface area contributed by atoms with Crippen molar-refractivity contribution >= 4 is 16.2 Å². The largest absolute Gasteiger partial charge is 0.397 e. The van der Waals surface area contributed by atoms with E-state index in [1.165, 1.54) is 0 Å². The molecule has 4 aliphatic carbocycles. The minimum absolute atomic E-state index is 0.0907. The minimum atomic E-state index is -4.47. The highest BCUT2D eigenvalue weighted by Gasteiger charge is 2.60. The van der Waals surface area contributed by atoms with Gasteiger partial charge in [-0.1, -0.05) is 25.5 Å². The van der Waals surface area contributed by atoms with E-state index < -0.39 is 22.6 Å². The average molecular weight is 384 g/mol. The fourth-order valence-electron chi connectivity index (χ4n) is 6.64. The van der Waals surface area contributed by atoms with Crippen LogP contribution in [-0.4, -0.2) is 36.1 Å². The predicted molar refractivity (Wildman–Crippen MR) is 94.5 cm³/mol. The van der Waals surface area contributed by atoms with Crippen LogP contribution < -0.4 is 0 Å². The summed E-state index contributed by atoms with van der Waals surface area (Å²) < 4.78 is 35.9. The van der Waals surface area contributed by atoms with Crippen LogP contribution in [0.25, 0.3) is 0 Å². The Bertz CT molecular complexity index is 758. The average Bonchev–Trinajstić information content (AvgIpc) is 2.83. The molecular formula is C19H28O6S. The van der Waals surface area contributed by atoms with Gasteiger partial charge < -0.3 is 5.11 Å². The lowest BCUT2D eigenvalue weighted by Crippen LogP contribution is -2.54. The second kappa shape index (κ2) is 5.87. The molecule has 146 valence electrons. The Labute approximate surface area is 155 Å². The molecule has 0 heterocycles. The zero-order valence-corrected chi connectivity index (χ0v) is 16.2. The van der Waals surface area contributed by atoms with Crippen LogP contribution >= 0.6 is 0 Å². The molecule has 0 amide bonds. The number of Topliss-reactive ketones (excluding diaryl/α,β-unsaturated/α-hetero) is 1. The highest BCUT2D eigenvalue weighted by atomic mass is 32.3. The molecule has 0 spiro atoms. The number of fused-ring (bicyclic) bond motifs is 5. The molecule has 0 saturated heterocycles. The fourth-order valence-corrected chi connectivity index (χ4v) is 7.15. The van der Waals surface area contributed by atoms with Crippen molar-refractivity contribution in [1.29, 1.82) is 0 Å². The lowest BCUT2D eigenvalue weighted by atomic mass is 9.47. The van der Waals surface area contributed by atoms with Crippen molar-refractivity contribution in [3.05, 3.63) is 11.6 Å². The Kier molecular flexibility index (Phi) is 4.20. The van der Waals surface area contributed by atoms with Crippen molar-refractivity contribution in [3.63, 3.8) is 0 Å². The van der Waals surface area contributed by atoms with Crippen LogP contribution in [0.3, 0.4) is 0 Å². The number of aliphatic hydroxyl groups excluding tert-OH is 1. The van der Waals surface area contributed by atoms with Gasteiger partial charge >= 0.3 is 10.4 Å². The molecule has 0 unspecified atom stereocenters. The Hall–Kier alpha value is -0.760. The zero-order chi connectivity index (χ0) is 18.9. The summed E-state index contributed by atoms with van der Waals surface area (Å²) >= 11 is 0. The standard InChI is InChI=1S/C19H28O6S/c1-18-7-5-12(25-26(22,23)24)9-11(18)10-15(20)17-13-3-4-16(21)19(13,2)8-6-14(17)18/h10,12-15,17,20H,3-9H2,1-2H3,(H,22,23,24)/t12-,13-,14+,15-,17-,18+,19+/m1/s1. The number of hydrogen-bond donors (Lipinski definition) is 2. The Balaban J connectivity index is 1.65. The van der Waals surface area contributed by atoms with Crippen LogP contribution in [0.5, 0.6) is 0 Å². The molecule has 0 aliphatic heterocycles. The summed E-state index contributed by atoms with van der Waals surface area (Å²) in [7, 11) is -4.47. The minimum Gasteiger partial charge on any atom is -0.389 e. The second-order valence-electron chi connectivity index (χ2n) is 9.20. The number of carbonyl (C=O) groups excluding carboxylic acids is 1. The molecule has 3 fully saturated rings. The molecule has 6 nitrogen and oxygen atoms in total. The predicted octanol–water partition coefficient (Wildman–Crippen LogP) is 2.68. The van der Waals surface area contributed by atoms with Crippen LogP contribution in [0.1, 0.15) is 58.8 Å². The van der Waals surface area contributed by atoms with Gasteiger partial charge in [0.1, 0.15) is 5.78 Å². The van der Waals surface area contributed by atoms with Gasteiger partial charge in [0, 0.05) is 11.8 Å². The smallest absolute Gasteiger partial charge is 0.389 e. The number of hydrogen-bond acceptors (Lipinski definition) is 5. The zero-order valence-electron chi connectivity index (χ0n) is 15.3. The Morgan fingerprint density at radius 1 is 1.12 bits per heavy atom. The van der Waals surface area contributed by atoms with Gasteiger partial charge in [-0.05, 0) is 61.7 Å². The molecular weight excluding hydrogens is 356 g/mol. The maximum absolute atomic E-state index is 12.5. The molecule has 26 heavy (non-hydrogen) atoms. The lowest BCUT2D eigenvalue weighted by Gasteiger charge is -2.58. The summed E-state index contributed by atoms with van der Waals surface area (Å²) in [5.41, 5.74) is 0.643. The van der Waals surface area contributed by atoms with Crippen molar-refractivity contribution in [2.45, 2.75) is 71.0 Å². The van der Waals surface area contributed by atoms with Crippen LogP contribution in [-0.2, 0) is 19.4 Å². The van der Waals surface area contributed by atoms with E-state index in [-0.39, 0.29) is 22.7 Å². The van der Waals surface area contributed by atoms with Crippen molar-refractivity contribution < 1.29 is 27.1 Å². The Morgan fingerprint density at radius 3 is 2.46 bits per heavy atom. The van der Waals surface area contributed by atoms with E-state index in [4.69, 9.17) is 8.74 Å². The molecule has 0 aromatic heterocycles. The van der Waals surface area contributed by atoms with E-state index >= 15 is 0 Å². The lowest BCUT2D eigenvalue weighted by molar-refractivity contribution is -0.135. The SMILES string of the molecule is C[C@]12CC[C@@H](OS(=O)(=O)O)CC1=C[C@@H](O)[C@@H]1[C@H]3CCC(=O)[C@@]3(C)CC[C@@H]12. The van der Waals surface area contributed by atoms with Crippen LogP contribution in [0.15, 0.2) is 11.6 Å². The number of ketones is 1. The van der Waals surface area contributed by atoms with Gasteiger partial charge in [0.2, 0.25) is 0 Å². The third kappa shape index (κ3) is 2.70. The maximum atomic E-state index is 12.5. The van der Waals surface area contributed by atoms with Gasteiger partial charge in [-0.15, -0.1) is 0 Å². The van der Waals surface area contributed by atoms with Crippen LogP contribution in [0.2, 0.25) is 0 Å². The van der Waals surface area contributed by atoms with E-state index in [1.54, 1.807) is 0 Å². The first-order valence-corrected chi connectivity index (χ1v) is 11.0. The van der Waals surface area contributed by atoms with Gasteiger partial charge in [-0.2, -0.15) is 8.42 Å². The molecule has 4 rings (SSSR count). The summed E-state index contributed by atoms with van der Waals surface area (Å²) in [4.78, 5) is 12.5. The summed E-state index contributed by atoms with van der Waals surface area (Å²) in [5, 5.41) is 10.9.